The Balaban J connectivity index is 1.20. The number of piperidine rings is 1. The van der Waals surface area contributed by atoms with Crippen molar-refractivity contribution in [2.45, 2.75) is 45.6 Å². The summed E-state index contributed by atoms with van der Waals surface area (Å²) in [6, 6.07) is 10.2. The number of anilines is 4. The molecule has 4 heterocycles. The van der Waals surface area contributed by atoms with Gasteiger partial charge in [0.1, 0.15) is 5.82 Å². The van der Waals surface area contributed by atoms with Crippen LogP contribution in [0.4, 0.5) is 23.1 Å². The van der Waals surface area contributed by atoms with Crippen molar-refractivity contribution in [3.05, 3.63) is 64.1 Å². The number of hydrogen-bond donors (Lipinski definition) is 3. The zero-order chi connectivity index (χ0) is 25.2. The summed E-state index contributed by atoms with van der Waals surface area (Å²) in [4.78, 5) is 30.9. The summed E-state index contributed by atoms with van der Waals surface area (Å²) >= 11 is 0. The fraction of sp³-hybridized carbons (Fsp3) is 0.407. The van der Waals surface area contributed by atoms with E-state index in [2.05, 4.69) is 45.0 Å². The van der Waals surface area contributed by atoms with Crippen LogP contribution in [0.3, 0.4) is 0 Å². The molecule has 1 atom stereocenters. The van der Waals surface area contributed by atoms with Crippen molar-refractivity contribution in [3.8, 4) is 0 Å². The van der Waals surface area contributed by atoms with Gasteiger partial charge < -0.3 is 27.0 Å². The van der Waals surface area contributed by atoms with Crippen molar-refractivity contribution in [2.75, 3.05) is 40.9 Å². The lowest BCUT2D eigenvalue weighted by Crippen LogP contribution is -2.45. The van der Waals surface area contributed by atoms with Crippen LogP contribution in [-0.4, -0.2) is 40.5 Å². The Kier molecular flexibility index (Phi) is 5.15. The summed E-state index contributed by atoms with van der Waals surface area (Å²) in [5.74, 6) is 1.08. The topological polar surface area (TPSA) is 140 Å². The molecule has 1 amide bonds. The molecule has 1 unspecified atom stereocenters. The van der Waals surface area contributed by atoms with Crippen LogP contribution in [0.2, 0.25) is 0 Å². The van der Waals surface area contributed by atoms with Gasteiger partial charge in [-0.25, -0.2) is 15.0 Å². The standard InChI is InChI=1S/C27H32N8O/c1-15-3-4-17-14-27(23(29)18(17)13-15)8-11-34(12-9-27)25-16(2)31-22(24(30)33-25)26(36)35-10-7-19-20(35)5-6-21(28)32-19/h3-6,13,23H,7-12,14,29H2,1-2H3,(H2,28,32)(H2,30,33). The maximum atomic E-state index is 13.3. The number of benzene rings is 1. The van der Waals surface area contributed by atoms with Gasteiger partial charge in [0.05, 0.1) is 17.1 Å². The number of fused-ring (bicyclic) bond motifs is 2. The molecule has 6 N–H and O–H groups in total. The smallest absolute Gasteiger partial charge is 0.280 e. The summed E-state index contributed by atoms with van der Waals surface area (Å²) in [6.07, 6.45) is 3.63. The Labute approximate surface area is 210 Å². The van der Waals surface area contributed by atoms with Gasteiger partial charge in [-0.2, -0.15) is 0 Å². The predicted molar refractivity (Wildman–Crippen MR) is 141 cm³/mol. The predicted octanol–water partition coefficient (Wildman–Crippen LogP) is 2.70. The van der Waals surface area contributed by atoms with Gasteiger partial charge in [0.2, 0.25) is 0 Å². The highest BCUT2D eigenvalue weighted by molar-refractivity contribution is 6.08. The van der Waals surface area contributed by atoms with E-state index in [-0.39, 0.29) is 28.9 Å². The number of hydrogen-bond acceptors (Lipinski definition) is 8. The van der Waals surface area contributed by atoms with E-state index in [4.69, 9.17) is 17.2 Å². The molecule has 2 aliphatic heterocycles. The number of nitrogens with two attached hydrogens (primary N) is 3. The molecule has 1 aromatic carbocycles. The maximum absolute atomic E-state index is 13.3. The van der Waals surface area contributed by atoms with Gasteiger partial charge in [-0.05, 0) is 61.8 Å². The molecule has 0 bridgehead atoms. The lowest BCUT2D eigenvalue weighted by atomic mass is 9.73. The number of nitrogen functional groups attached to an aromatic ring is 2. The third-order valence-corrected chi connectivity index (χ3v) is 8.25. The van der Waals surface area contributed by atoms with Gasteiger partial charge in [0.25, 0.3) is 5.91 Å². The van der Waals surface area contributed by atoms with Crippen molar-refractivity contribution < 1.29 is 4.79 Å². The van der Waals surface area contributed by atoms with Crippen LogP contribution in [-0.2, 0) is 12.8 Å². The molecule has 1 fully saturated rings. The summed E-state index contributed by atoms with van der Waals surface area (Å²) in [7, 11) is 0. The number of carbonyl (C=O) groups excluding carboxylic acids is 1. The van der Waals surface area contributed by atoms with Gasteiger partial charge in [-0.1, -0.05) is 23.8 Å². The van der Waals surface area contributed by atoms with Crippen molar-refractivity contribution in [1.82, 2.24) is 15.0 Å². The fourth-order valence-electron chi connectivity index (χ4n) is 6.23. The zero-order valence-corrected chi connectivity index (χ0v) is 20.8. The Morgan fingerprint density at radius 3 is 2.58 bits per heavy atom. The van der Waals surface area contributed by atoms with E-state index >= 15 is 0 Å². The molecule has 3 aromatic rings. The van der Waals surface area contributed by atoms with Crippen LogP contribution in [0.5, 0.6) is 0 Å². The molecule has 1 saturated heterocycles. The second-order valence-electron chi connectivity index (χ2n) is 10.5. The van der Waals surface area contributed by atoms with Gasteiger partial charge in [0, 0.05) is 32.1 Å². The monoisotopic (exact) mass is 484 g/mol. The molecule has 36 heavy (non-hydrogen) atoms. The molecule has 1 aliphatic carbocycles. The van der Waals surface area contributed by atoms with Crippen LogP contribution in [0.15, 0.2) is 30.3 Å². The van der Waals surface area contributed by atoms with Crippen LogP contribution in [0.1, 0.15) is 57.5 Å². The molecular weight excluding hydrogens is 452 g/mol. The normalized spacial score (nSPS) is 20.0. The van der Waals surface area contributed by atoms with E-state index in [0.717, 1.165) is 49.6 Å². The lowest BCUT2D eigenvalue weighted by Gasteiger charge is -2.43. The number of pyridine rings is 1. The Morgan fingerprint density at radius 1 is 1.03 bits per heavy atom. The first-order chi connectivity index (χ1) is 17.3. The summed E-state index contributed by atoms with van der Waals surface area (Å²) < 4.78 is 0. The molecule has 0 saturated carbocycles. The molecule has 1 spiro atoms. The quantitative estimate of drug-likeness (QED) is 0.504. The van der Waals surface area contributed by atoms with E-state index in [0.29, 0.717) is 24.5 Å². The molecule has 2 aromatic heterocycles. The van der Waals surface area contributed by atoms with E-state index in [1.807, 2.05) is 13.0 Å². The summed E-state index contributed by atoms with van der Waals surface area (Å²) in [5.41, 5.74) is 25.4. The zero-order valence-electron chi connectivity index (χ0n) is 20.8. The fourth-order valence-corrected chi connectivity index (χ4v) is 6.23. The highest BCUT2D eigenvalue weighted by Crippen LogP contribution is 2.51. The van der Waals surface area contributed by atoms with Crippen molar-refractivity contribution in [3.63, 3.8) is 0 Å². The highest BCUT2D eigenvalue weighted by atomic mass is 16.2. The largest absolute Gasteiger partial charge is 0.384 e. The van der Waals surface area contributed by atoms with E-state index in [9.17, 15) is 4.79 Å². The molecule has 6 rings (SSSR count). The van der Waals surface area contributed by atoms with Crippen molar-refractivity contribution >= 4 is 29.0 Å². The third-order valence-electron chi connectivity index (χ3n) is 8.25. The van der Waals surface area contributed by atoms with Crippen LogP contribution >= 0.6 is 0 Å². The van der Waals surface area contributed by atoms with E-state index < -0.39 is 0 Å². The maximum Gasteiger partial charge on any atom is 0.280 e. The number of rotatable bonds is 2. The van der Waals surface area contributed by atoms with Gasteiger partial charge in [0.15, 0.2) is 17.3 Å². The van der Waals surface area contributed by atoms with Crippen molar-refractivity contribution in [2.24, 2.45) is 11.1 Å². The first kappa shape index (κ1) is 22.7. The van der Waals surface area contributed by atoms with Gasteiger partial charge in [-0.15, -0.1) is 0 Å². The first-order valence-corrected chi connectivity index (χ1v) is 12.6. The van der Waals surface area contributed by atoms with E-state index in [1.54, 1.807) is 11.0 Å². The SMILES string of the molecule is Cc1ccc2c(c1)C(N)C1(CCN(c3nc(N)c(C(=O)N4CCc5nc(N)ccc54)nc3C)CC1)C2. The second kappa shape index (κ2) is 8.16. The minimum atomic E-state index is -0.262. The average molecular weight is 485 g/mol. The van der Waals surface area contributed by atoms with Crippen LogP contribution in [0.25, 0.3) is 0 Å². The molecule has 0 radical (unpaired) electrons. The summed E-state index contributed by atoms with van der Waals surface area (Å²) in [6.45, 7) is 6.19. The second-order valence-corrected chi connectivity index (χ2v) is 10.5. The first-order valence-electron chi connectivity index (χ1n) is 12.6. The van der Waals surface area contributed by atoms with Gasteiger partial charge in [-0.3, -0.25) is 4.79 Å². The lowest BCUT2D eigenvalue weighted by molar-refractivity contribution is 0.0985. The molecule has 9 heteroatoms. The Bertz CT molecular complexity index is 1380. The summed E-state index contributed by atoms with van der Waals surface area (Å²) in [5, 5.41) is 0. The molecule has 9 nitrogen and oxygen atoms in total. The van der Waals surface area contributed by atoms with Crippen molar-refractivity contribution in [1.29, 1.82) is 0 Å². The number of aromatic nitrogens is 3. The Morgan fingerprint density at radius 2 is 1.81 bits per heavy atom. The number of carbonyl (C=O) groups is 1. The third kappa shape index (κ3) is 3.49. The average Bonchev–Trinajstić information content (AvgIpc) is 3.39. The Hall–Kier alpha value is -3.72. The minimum absolute atomic E-state index is 0.0555. The van der Waals surface area contributed by atoms with E-state index in [1.165, 1.54) is 16.7 Å². The highest BCUT2D eigenvalue weighted by Gasteiger charge is 2.46. The molecule has 186 valence electrons. The van der Waals surface area contributed by atoms with Crippen LogP contribution in [0, 0.1) is 19.3 Å². The number of aryl methyl sites for hydroxylation is 2. The number of amides is 1. The number of nitrogens with zero attached hydrogens (tertiary/aromatic N) is 5. The minimum Gasteiger partial charge on any atom is -0.384 e. The molecular formula is C27H32N8O. The van der Waals surface area contributed by atoms with Gasteiger partial charge >= 0.3 is 0 Å². The molecule has 3 aliphatic rings. The van der Waals surface area contributed by atoms with Crippen LogP contribution < -0.4 is 27.0 Å².